The maximum Gasteiger partial charge on any atom is 0.336 e. The van der Waals surface area contributed by atoms with E-state index in [1.165, 1.54) is 13.7 Å². The summed E-state index contributed by atoms with van der Waals surface area (Å²) in [4.78, 5) is 41.1. The zero-order valence-corrected chi connectivity index (χ0v) is 20.5. The molecule has 0 saturated carbocycles. The molecule has 3 unspecified atom stereocenters. The van der Waals surface area contributed by atoms with Crippen LogP contribution in [0.2, 0.25) is 0 Å². The quantitative estimate of drug-likeness (QED) is 0.333. The van der Waals surface area contributed by atoms with E-state index in [4.69, 9.17) is 0 Å². The molecule has 6 nitrogen and oxygen atoms in total. The molecule has 0 aromatic carbocycles. The topological polar surface area (TPSA) is 66.0 Å². The van der Waals surface area contributed by atoms with Crippen molar-refractivity contribution in [2.24, 2.45) is 0 Å². The van der Waals surface area contributed by atoms with Crippen LogP contribution in [0.4, 0.5) is 0 Å². The lowest BCUT2D eigenvalue weighted by Crippen LogP contribution is -2.57. The van der Waals surface area contributed by atoms with E-state index < -0.39 is 35.2 Å². The Kier molecular flexibility index (Phi) is 10.8. The monoisotopic (exact) mass is 453 g/mol. The van der Waals surface area contributed by atoms with Gasteiger partial charge in [0.25, 0.3) is 0 Å². The molecule has 0 radical (unpaired) electrons. The highest BCUT2D eigenvalue weighted by atomic mass is 16.2. The van der Waals surface area contributed by atoms with Crippen molar-refractivity contribution in [2.75, 3.05) is 0 Å². The summed E-state index contributed by atoms with van der Waals surface area (Å²) in [5.41, 5.74) is 0.588. The largest absolute Gasteiger partial charge is 0.336 e. The average molecular weight is 454 g/mol. The van der Waals surface area contributed by atoms with Crippen molar-refractivity contribution in [1.29, 1.82) is 0 Å². The first-order chi connectivity index (χ1) is 15.5. The van der Waals surface area contributed by atoms with Crippen LogP contribution >= 0.6 is 0 Å². The maximum absolute atomic E-state index is 13.7. The molecule has 0 aliphatic carbocycles. The van der Waals surface area contributed by atoms with Crippen molar-refractivity contribution >= 4 is 0 Å². The van der Waals surface area contributed by atoms with Gasteiger partial charge in [0.05, 0.1) is 18.1 Å². The van der Waals surface area contributed by atoms with Crippen LogP contribution in [0.3, 0.4) is 0 Å². The highest BCUT2D eigenvalue weighted by Crippen LogP contribution is 2.22. The third-order valence-electron chi connectivity index (χ3n) is 5.40. The summed E-state index contributed by atoms with van der Waals surface area (Å²) >= 11 is 0. The van der Waals surface area contributed by atoms with Crippen LogP contribution in [0, 0.1) is 0 Å². The first kappa shape index (κ1) is 27.9. The van der Waals surface area contributed by atoms with Crippen LogP contribution < -0.4 is 17.1 Å². The summed E-state index contributed by atoms with van der Waals surface area (Å²) in [5.74, 6) is 0. The minimum absolute atomic E-state index is 0.388. The van der Waals surface area contributed by atoms with Crippen molar-refractivity contribution in [3.63, 3.8) is 0 Å². The molecule has 0 aliphatic rings. The molecule has 0 fully saturated rings. The predicted molar refractivity (Wildman–Crippen MR) is 139 cm³/mol. The summed E-state index contributed by atoms with van der Waals surface area (Å²) in [6, 6.07) is -1.50. The Labute approximate surface area is 197 Å². The fraction of sp³-hybridized carbons (Fsp3) is 0.444. The van der Waals surface area contributed by atoms with Crippen LogP contribution in [0.25, 0.3) is 0 Å². The van der Waals surface area contributed by atoms with Crippen LogP contribution in [0.1, 0.15) is 77.4 Å². The van der Waals surface area contributed by atoms with Crippen LogP contribution in [0.5, 0.6) is 0 Å². The molecule has 1 heterocycles. The first-order valence-electron chi connectivity index (χ1n) is 11.2. The summed E-state index contributed by atoms with van der Waals surface area (Å²) < 4.78 is 3.59. The van der Waals surface area contributed by atoms with Crippen molar-refractivity contribution in [3.05, 3.63) is 106 Å². The third-order valence-corrected chi connectivity index (χ3v) is 5.40. The van der Waals surface area contributed by atoms with Gasteiger partial charge < -0.3 is 0 Å². The lowest BCUT2D eigenvalue weighted by molar-refractivity contribution is 0.326. The molecule has 3 atom stereocenters. The van der Waals surface area contributed by atoms with Gasteiger partial charge in [0.2, 0.25) is 0 Å². The molecule has 0 saturated heterocycles. The van der Waals surface area contributed by atoms with E-state index in [1.54, 1.807) is 18.2 Å². The van der Waals surface area contributed by atoms with E-state index in [0.29, 0.717) is 38.5 Å². The van der Waals surface area contributed by atoms with Gasteiger partial charge in [-0.25, -0.2) is 28.1 Å². The Morgan fingerprint density at radius 2 is 0.818 bits per heavy atom. The van der Waals surface area contributed by atoms with Crippen molar-refractivity contribution in [1.82, 2.24) is 13.7 Å². The van der Waals surface area contributed by atoms with Crippen molar-refractivity contribution < 1.29 is 0 Å². The summed E-state index contributed by atoms with van der Waals surface area (Å²) in [6.45, 7) is 28.8. The van der Waals surface area contributed by atoms with Gasteiger partial charge in [-0.05, 0) is 59.3 Å². The normalized spacial score (nSPS) is 13.5. The molecule has 0 N–H and O–H groups in total. The Bertz CT molecular complexity index is 929. The third kappa shape index (κ3) is 7.17. The summed E-state index contributed by atoms with van der Waals surface area (Å²) in [5, 5.41) is 0. The lowest BCUT2D eigenvalue weighted by Gasteiger charge is -2.27. The Morgan fingerprint density at radius 3 is 0.970 bits per heavy atom. The Morgan fingerprint density at radius 1 is 0.606 bits per heavy atom. The SMILES string of the molecule is C=CCC(CC(=C)C)n1c(=O)n(C(CC=C)CC(=C)C)c(=O)n(C(CC=C)CC(=C)C)c1=O. The zero-order chi connectivity index (χ0) is 25.3. The summed E-state index contributed by atoms with van der Waals surface area (Å²) in [7, 11) is 0. The number of hydrogen-bond donors (Lipinski definition) is 0. The van der Waals surface area contributed by atoms with E-state index in [1.807, 2.05) is 20.8 Å². The molecule has 33 heavy (non-hydrogen) atoms. The fourth-order valence-corrected chi connectivity index (χ4v) is 4.15. The standard InChI is InChI=1S/C27H39N3O3/c1-10-13-22(16-19(4)5)28-25(31)29(23(14-11-2)17-20(6)7)27(33)30(26(28)32)24(15-12-3)18-21(8)9/h10-12,22-24H,1-4,6,8,13-18H2,5,7,9H3. The van der Waals surface area contributed by atoms with Crippen LogP contribution in [-0.2, 0) is 0 Å². The van der Waals surface area contributed by atoms with E-state index in [9.17, 15) is 14.4 Å². The van der Waals surface area contributed by atoms with E-state index in [0.717, 1.165) is 16.7 Å². The van der Waals surface area contributed by atoms with Gasteiger partial charge in [0.15, 0.2) is 0 Å². The van der Waals surface area contributed by atoms with Crippen LogP contribution in [-0.4, -0.2) is 13.7 Å². The number of nitrogens with zero attached hydrogens (tertiary/aromatic N) is 3. The second-order valence-corrected chi connectivity index (χ2v) is 8.98. The maximum atomic E-state index is 13.7. The van der Waals surface area contributed by atoms with Gasteiger partial charge in [0, 0.05) is 0 Å². The van der Waals surface area contributed by atoms with E-state index in [-0.39, 0.29) is 0 Å². The molecule has 0 spiro atoms. The smallest absolute Gasteiger partial charge is 0.247 e. The van der Waals surface area contributed by atoms with Gasteiger partial charge >= 0.3 is 17.1 Å². The molecule has 180 valence electrons. The second kappa shape index (κ2) is 12.8. The highest BCUT2D eigenvalue weighted by Gasteiger charge is 2.28. The molecular weight excluding hydrogens is 414 g/mol. The van der Waals surface area contributed by atoms with Gasteiger partial charge in [-0.15, -0.1) is 39.5 Å². The lowest BCUT2D eigenvalue weighted by atomic mass is 10.0. The Balaban J connectivity index is 4.15. The zero-order valence-electron chi connectivity index (χ0n) is 20.5. The number of rotatable bonds is 15. The molecule has 0 aliphatic heterocycles. The fourth-order valence-electron chi connectivity index (χ4n) is 4.15. The highest BCUT2D eigenvalue weighted by molar-refractivity contribution is 5.02. The first-order valence-corrected chi connectivity index (χ1v) is 11.2. The molecule has 1 rings (SSSR count). The van der Waals surface area contributed by atoms with E-state index in [2.05, 4.69) is 39.5 Å². The molecule has 6 heteroatoms. The minimum Gasteiger partial charge on any atom is -0.247 e. The second-order valence-electron chi connectivity index (χ2n) is 8.98. The Hall–Kier alpha value is -3.15. The molecule has 1 aromatic rings. The van der Waals surface area contributed by atoms with Gasteiger partial charge in [0.1, 0.15) is 0 Å². The van der Waals surface area contributed by atoms with Gasteiger partial charge in [-0.2, -0.15) is 0 Å². The van der Waals surface area contributed by atoms with Crippen molar-refractivity contribution in [3.8, 4) is 0 Å². The van der Waals surface area contributed by atoms with E-state index >= 15 is 0 Å². The average Bonchev–Trinajstić information content (AvgIpc) is 2.67. The number of aromatic nitrogens is 3. The summed E-state index contributed by atoms with van der Waals surface area (Å²) in [6.07, 6.45) is 7.42. The molecule has 0 amide bonds. The van der Waals surface area contributed by atoms with Gasteiger partial charge in [-0.1, -0.05) is 34.9 Å². The molecular formula is C27H39N3O3. The predicted octanol–water partition coefficient (Wildman–Crippen LogP) is 5.42. The number of allylic oxidation sites excluding steroid dienone is 6. The number of hydrogen-bond acceptors (Lipinski definition) is 3. The molecule has 0 bridgehead atoms. The molecule has 1 aromatic heterocycles. The van der Waals surface area contributed by atoms with Crippen molar-refractivity contribution in [2.45, 2.75) is 77.4 Å². The van der Waals surface area contributed by atoms with Crippen LogP contribution in [0.15, 0.2) is 88.8 Å². The minimum atomic E-state index is -0.630. The van der Waals surface area contributed by atoms with Gasteiger partial charge in [-0.3, -0.25) is 0 Å².